The molecule has 172 valence electrons. The average Bonchev–Trinajstić information content (AvgIpc) is 3.07. The normalized spacial score (nSPS) is 26.2. The Kier molecular flexibility index (Phi) is 8.04. The molecular formula is C22H32N2O7. The van der Waals surface area contributed by atoms with Crippen molar-refractivity contribution in [1.82, 2.24) is 9.78 Å². The van der Waals surface area contributed by atoms with Crippen LogP contribution in [0.5, 0.6) is 5.88 Å². The van der Waals surface area contributed by atoms with Crippen molar-refractivity contribution in [3.63, 3.8) is 0 Å². The Bertz CT molecular complexity index is 837. The van der Waals surface area contributed by atoms with E-state index in [0.29, 0.717) is 19.4 Å². The molecule has 1 fully saturated rings. The van der Waals surface area contributed by atoms with E-state index < -0.39 is 37.3 Å². The molecule has 3 rings (SSSR count). The largest absolute Gasteiger partial charge is 0.443 e. The van der Waals surface area contributed by atoms with E-state index in [9.17, 15) is 25.5 Å². The van der Waals surface area contributed by atoms with E-state index in [4.69, 9.17) is 9.47 Å². The second-order valence-electron chi connectivity index (χ2n) is 7.83. The summed E-state index contributed by atoms with van der Waals surface area (Å²) in [5.41, 5.74) is 3.93. The highest BCUT2D eigenvalue weighted by atomic mass is 16.7. The highest BCUT2D eigenvalue weighted by Gasteiger charge is 2.45. The van der Waals surface area contributed by atoms with Crippen LogP contribution in [0.3, 0.4) is 0 Å². The van der Waals surface area contributed by atoms with Crippen molar-refractivity contribution in [1.29, 1.82) is 0 Å². The van der Waals surface area contributed by atoms with Crippen LogP contribution in [0.15, 0.2) is 24.3 Å². The monoisotopic (exact) mass is 436 g/mol. The number of nitrogens with zero attached hydrogens (tertiary/aromatic N) is 2. The van der Waals surface area contributed by atoms with Gasteiger partial charge in [0.05, 0.1) is 6.61 Å². The molecule has 31 heavy (non-hydrogen) atoms. The summed E-state index contributed by atoms with van der Waals surface area (Å²) in [7, 11) is 0. The quantitative estimate of drug-likeness (QED) is 0.368. The first-order chi connectivity index (χ1) is 14.9. The molecule has 0 bridgehead atoms. The fourth-order valence-corrected chi connectivity index (χ4v) is 3.66. The van der Waals surface area contributed by atoms with Crippen molar-refractivity contribution < 1.29 is 35.0 Å². The van der Waals surface area contributed by atoms with Crippen molar-refractivity contribution in [2.24, 2.45) is 0 Å². The molecule has 9 heteroatoms. The summed E-state index contributed by atoms with van der Waals surface area (Å²) >= 11 is 0. The number of ether oxygens (including phenoxy) is 2. The van der Waals surface area contributed by atoms with Crippen LogP contribution in [0.1, 0.15) is 35.7 Å². The number of hydrogen-bond donors (Lipinski definition) is 5. The third-order valence-electron chi connectivity index (χ3n) is 5.71. The second kappa shape index (κ2) is 10.5. The van der Waals surface area contributed by atoms with Gasteiger partial charge >= 0.3 is 0 Å². The van der Waals surface area contributed by atoms with E-state index in [1.807, 2.05) is 19.1 Å². The Balaban J connectivity index is 1.88. The van der Waals surface area contributed by atoms with Gasteiger partial charge in [0, 0.05) is 30.8 Å². The summed E-state index contributed by atoms with van der Waals surface area (Å²) in [5, 5.41) is 53.4. The molecule has 5 atom stereocenters. The molecule has 1 aliphatic heterocycles. The van der Waals surface area contributed by atoms with Gasteiger partial charge in [0.2, 0.25) is 12.2 Å². The van der Waals surface area contributed by atoms with Gasteiger partial charge in [0.1, 0.15) is 24.4 Å². The van der Waals surface area contributed by atoms with Gasteiger partial charge in [-0.15, -0.1) is 5.10 Å². The van der Waals surface area contributed by atoms with Gasteiger partial charge in [0.25, 0.3) is 0 Å². The summed E-state index contributed by atoms with van der Waals surface area (Å²) in [4.78, 5) is 0. The van der Waals surface area contributed by atoms with Crippen molar-refractivity contribution >= 4 is 0 Å². The molecule has 0 aliphatic carbocycles. The van der Waals surface area contributed by atoms with Crippen LogP contribution >= 0.6 is 0 Å². The summed E-state index contributed by atoms with van der Waals surface area (Å²) in [6.45, 7) is 3.97. The minimum Gasteiger partial charge on any atom is -0.443 e. The molecule has 1 aromatic carbocycles. The maximum atomic E-state index is 10.3. The molecule has 5 N–H and O–H groups in total. The van der Waals surface area contributed by atoms with Crippen molar-refractivity contribution in [2.75, 3.05) is 13.2 Å². The zero-order chi connectivity index (χ0) is 22.5. The van der Waals surface area contributed by atoms with E-state index in [1.165, 1.54) is 5.56 Å². The van der Waals surface area contributed by atoms with Gasteiger partial charge in [-0.1, -0.05) is 31.2 Å². The van der Waals surface area contributed by atoms with Gasteiger partial charge in [-0.2, -0.15) is 0 Å². The van der Waals surface area contributed by atoms with E-state index in [2.05, 4.69) is 24.2 Å². The van der Waals surface area contributed by atoms with Gasteiger partial charge in [-0.25, -0.2) is 0 Å². The SMILES string of the molecule is CCc1ccc(Cc2c(O[C@@H]3O[C@H](CO)[C@@H](O)[C@H](O)[C@H]3O)nn(CCCO)c2C)cc1. The van der Waals surface area contributed by atoms with Crippen LogP contribution in [0.4, 0.5) is 0 Å². The summed E-state index contributed by atoms with van der Waals surface area (Å²) in [5.74, 6) is 0.235. The van der Waals surface area contributed by atoms with Crippen LogP contribution in [-0.2, 0) is 24.1 Å². The number of aliphatic hydroxyl groups excluding tert-OH is 5. The van der Waals surface area contributed by atoms with Crippen molar-refractivity contribution in [2.45, 2.75) is 70.4 Å². The molecule has 9 nitrogen and oxygen atoms in total. The number of aryl methyl sites for hydroxylation is 2. The average molecular weight is 437 g/mol. The maximum absolute atomic E-state index is 10.3. The summed E-state index contributed by atoms with van der Waals surface area (Å²) < 4.78 is 13.1. The van der Waals surface area contributed by atoms with Gasteiger partial charge in [-0.3, -0.25) is 4.68 Å². The Morgan fingerprint density at radius 3 is 2.32 bits per heavy atom. The minimum absolute atomic E-state index is 0.0238. The van der Waals surface area contributed by atoms with Crippen molar-refractivity contribution in [3.05, 3.63) is 46.6 Å². The fourth-order valence-electron chi connectivity index (χ4n) is 3.66. The Labute approximate surface area is 181 Å². The van der Waals surface area contributed by atoms with Gasteiger partial charge in [0.15, 0.2) is 0 Å². The smallest absolute Gasteiger partial charge is 0.239 e. The highest BCUT2D eigenvalue weighted by Crippen LogP contribution is 2.29. The topological polar surface area (TPSA) is 137 Å². The third-order valence-corrected chi connectivity index (χ3v) is 5.71. The predicted octanol–water partition coefficient (Wildman–Crippen LogP) is -0.0942. The predicted molar refractivity (Wildman–Crippen MR) is 112 cm³/mol. The number of aliphatic hydroxyl groups is 5. The fraction of sp³-hybridized carbons (Fsp3) is 0.591. The second-order valence-corrected chi connectivity index (χ2v) is 7.83. The van der Waals surface area contributed by atoms with E-state index in [-0.39, 0.29) is 12.5 Å². The third kappa shape index (κ3) is 5.25. The van der Waals surface area contributed by atoms with Crippen LogP contribution in [0.2, 0.25) is 0 Å². The lowest BCUT2D eigenvalue weighted by Crippen LogP contribution is -2.60. The molecule has 0 unspecified atom stereocenters. The first kappa shape index (κ1) is 23.6. The lowest BCUT2D eigenvalue weighted by Gasteiger charge is -2.39. The van der Waals surface area contributed by atoms with Crippen LogP contribution in [-0.4, -0.2) is 79.2 Å². The zero-order valence-corrected chi connectivity index (χ0v) is 17.9. The van der Waals surface area contributed by atoms with Gasteiger partial charge < -0.3 is 35.0 Å². The van der Waals surface area contributed by atoms with Crippen molar-refractivity contribution in [3.8, 4) is 5.88 Å². The number of aromatic nitrogens is 2. The molecule has 2 heterocycles. The standard InChI is InChI=1S/C22H32N2O7/c1-3-14-5-7-15(8-6-14)11-16-13(2)24(9-4-10-25)23-21(16)31-22-20(29)19(28)18(27)17(12-26)30-22/h5-8,17-20,22,25-29H,3-4,9-12H2,1-2H3/t17-,18-,19+,20-,22+/m1/s1. The van der Waals surface area contributed by atoms with E-state index >= 15 is 0 Å². The molecule has 0 saturated carbocycles. The number of benzene rings is 1. The molecule has 1 aliphatic rings. The zero-order valence-electron chi connectivity index (χ0n) is 17.9. The van der Waals surface area contributed by atoms with Crippen LogP contribution in [0.25, 0.3) is 0 Å². The molecular weight excluding hydrogens is 404 g/mol. The first-order valence-electron chi connectivity index (χ1n) is 10.6. The first-order valence-corrected chi connectivity index (χ1v) is 10.6. The molecule has 0 radical (unpaired) electrons. The van der Waals surface area contributed by atoms with Crippen LogP contribution < -0.4 is 4.74 Å². The lowest BCUT2D eigenvalue weighted by molar-refractivity contribution is -0.278. The number of hydrogen-bond acceptors (Lipinski definition) is 8. The van der Waals surface area contributed by atoms with Crippen LogP contribution in [0, 0.1) is 6.92 Å². The molecule has 0 spiro atoms. The summed E-state index contributed by atoms with van der Waals surface area (Å²) in [6.07, 6.45) is -4.88. The Hall–Kier alpha value is -2.01. The molecule has 1 aromatic heterocycles. The molecule has 1 saturated heterocycles. The highest BCUT2D eigenvalue weighted by molar-refractivity contribution is 5.37. The Morgan fingerprint density at radius 1 is 1.03 bits per heavy atom. The summed E-state index contributed by atoms with van der Waals surface area (Å²) in [6, 6.07) is 8.22. The lowest BCUT2D eigenvalue weighted by atomic mass is 9.99. The van der Waals surface area contributed by atoms with E-state index in [0.717, 1.165) is 23.2 Å². The van der Waals surface area contributed by atoms with E-state index in [1.54, 1.807) is 4.68 Å². The Morgan fingerprint density at radius 2 is 1.71 bits per heavy atom. The van der Waals surface area contributed by atoms with Gasteiger partial charge in [-0.05, 0) is 30.9 Å². The maximum Gasteiger partial charge on any atom is 0.239 e. The number of rotatable bonds is 9. The molecule has 0 amide bonds. The molecule has 2 aromatic rings. The minimum atomic E-state index is -1.53.